The van der Waals surface area contributed by atoms with Gasteiger partial charge in [-0.25, -0.2) is 0 Å². The van der Waals surface area contributed by atoms with Crippen LogP contribution < -0.4 is 11.1 Å². The van der Waals surface area contributed by atoms with E-state index in [4.69, 9.17) is 5.73 Å². The summed E-state index contributed by atoms with van der Waals surface area (Å²) in [6.07, 6.45) is 4.79. The Morgan fingerprint density at radius 1 is 1.33 bits per heavy atom. The van der Waals surface area contributed by atoms with Crippen molar-refractivity contribution in [2.24, 2.45) is 11.7 Å². The van der Waals surface area contributed by atoms with Crippen molar-refractivity contribution in [3.05, 3.63) is 24.3 Å². The molecule has 0 aromatic heterocycles. The van der Waals surface area contributed by atoms with E-state index in [0.717, 1.165) is 19.3 Å². The molecule has 0 bridgehead atoms. The molecule has 0 spiro atoms. The highest BCUT2D eigenvalue weighted by molar-refractivity contribution is 5.92. The molecule has 0 heterocycles. The highest BCUT2D eigenvalue weighted by Gasteiger charge is 2.24. The number of benzene rings is 1. The third-order valence-corrected chi connectivity index (χ3v) is 3.59. The maximum atomic E-state index is 11.9. The highest BCUT2D eigenvalue weighted by atomic mass is 16.3. The van der Waals surface area contributed by atoms with Gasteiger partial charge in [-0.2, -0.15) is 0 Å². The minimum absolute atomic E-state index is 0.0705. The number of para-hydroxylation sites is 2. The van der Waals surface area contributed by atoms with E-state index in [9.17, 15) is 9.90 Å². The summed E-state index contributed by atoms with van der Waals surface area (Å²) in [6, 6.07) is 6.88. The smallest absolute Gasteiger partial charge is 0.224 e. The first-order valence-electron chi connectivity index (χ1n) is 6.50. The number of rotatable bonds is 3. The molecule has 2 rings (SSSR count). The molecule has 98 valence electrons. The van der Waals surface area contributed by atoms with Gasteiger partial charge in [-0.15, -0.1) is 0 Å². The number of hydrogen-bond acceptors (Lipinski definition) is 3. The summed E-state index contributed by atoms with van der Waals surface area (Å²) in [7, 11) is 0. The van der Waals surface area contributed by atoms with E-state index in [-0.39, 0.29) is 23.6 Å². The molecule has 0 aliphatic heterocycles. The fourth-order valence-corrected chi connectivity index (χ4v) is 2.51. The van der Waals surface area contributed by atoms with Crippen molar-refractivity contribution in [2.45, 2.75) is 38.1 Å². The van der Waals surface area contributed by atoms with Gasteiger partial charge in [0.05, 0.1) is 5.69 Å². The third-order valence-electron chi connectivity index (χ3n) is 3.59. The number of nitrogens with two attached hydrogens (primary N) is 1. The number of aromatic hydroxyl groups is 1. The van der Waals surface area contributed by atoms with Gasteiger partial charge in [-0.1, -0.05) is 25.0 Å². The van der Waals surface area contributed by atoms with Gasteiger partial charge >= 0.3 is 0 Å². The molecule has 4 nitrogen and oxygen atoms in total. The second-order valence-corrected chi connectivity index (χ2v) is 4.98. The third kappa shape index (κ3) is 3.23. The Balaban J connectivity index is 1.90. The second kappa shape index (κ2) is 5.87. The Morgan fingerprint density at radius 3 is 2.78 bits per heavy atom. The molecular formula is C14H20N2O2. The quantitative estimate of drug-likeness (QED) is 0.718. The lowest BCUT2D eigenvalue weighted by Gasteiger charge is -2.27. The first-order chi connectivity index (χ1) is 8.66. The van der Waals surface area contributed by atoms with E-state index in [2.05, 4.69) is 5.32 Å². The van der Waals surface area contributed by atoms with Crippen molar-refractivity contribution in [1.82, 2.24) is 0 Å². The molecule has 1 aromatic rings. The van der Waals surface area contributed by atoms with Crippen molar-refractivity contribution in [1.29, 1.82) is 0 Å². The topological polar surface area (TPSA) is 75.4 Å². The molecule has 4 heteroatoms. The number of anilines is 1. The monoisotopic (exact) mass is 248 g/mol. The molecule has 1 aliphatic rings. The minimum Gasteiger partial charge on any atom is -0.506 e. The van der Waals surface area contributed by atoms with E-state index in [1.54, 1.807) is 24.3 Å². The standard InChI is InChI=1S/C14H20N2O2/c15-11-6-2-1-5-10(11)9-14(18)16-12-7-3-4-8-13(12)17/h3-4,7-8,10-11,17H,1-2,5-6,9,15H2,(H,16,18). The fraction of sp³-hybridized carbons (Fsp3) is 0.500. The van der Waals surface area contributed by atoms with Gasteiger partial charge in [0.25, 0.3) is 0 Å². The van der Waals surface area contributed by atoms with Gasteiger partial charge in [0.15, 0.2) is 0 Å². The zero-order chi connectivity index (χ0) is 13.0. The number of hydrogen-bond donors (Lipinski definition) is 3. The van der Waals surface area contributed by atoms with Crippen LogP contribution in [0.5, 0.6) is 5.75 Å². The van der Waals surface area contributed by atoms with Crippen molar-refractivity contribution in [3.8, 4) is 5.75 Å². The zero-order valence-corrected chi connectivity index (χ0v) is 10.4. The molecule has 2 atom stereocenters. The molecule has 4 N–H and O–H groups in total. The number of carbonyl (C=O) groups is 1. The fourth-order valence-electron chi connectivity index (χ4n) is 2.51. The summed E-state index contributed by atoms with van der Waals surface area (Å²) in [4.78, 5) is 11.9. The Bertz CT molecular complexity index is 420. The largest absolute Gasteiger partial charge is 0.506 e. The van der Waals surface area contributed by atoms with Crippen molar-refractivity contribution >= 4 is 11.6 Å². The van der Waals surface area contributed by atoms with E-state index in [1.807, 2.05) is 0 Å². The number of phenolic OH excluding ortho intramolecular Hbond substituents is 1. The van der Waals surface area contributed by atoms with Crippen LogP contribution in [-0.4, -0.2) is 17.1 Å². The normalized spacial score (nSPS) is 23.6. The Kier molecular flexibility index (Phi) is 4.20. The van der Waals surface area contributed by atoms with Crippen LogP contribution in [0.15, 0.2) is 24.3 Å². The van der Waals surface area contributed by atoms with E-state index >= 15 is 0 Å². The van der Waals surface area contributed by atoms with Crippen LogP contribution in [0.1, 0.15) is 32.1 Å². The van der Waals surface area contributed by atoms with Gasteiger partial charge in [0.2, 0.25) is 5.91 Å². The van der Waals surface area contributed by atoms with Gasteiger partial charge in [-0.05, 0) is 30.9 Å². The first kappa shape index (κ1) is 12.9. The molecule has 2 unspecified atom stereocenters. The Hall–Kier alpha value is -1.55. The molecule has 1 saturated carbocycles. The van der Waals surface area contributed by atoms with E-state index in [1.165, 1.54) is 6.42 Å². The summed E-state index contributed by atoms with van der Waals surface area (Å²) in [5, 5.41) is 12.3. The Morgan fingerprint density at radius 2 is 2.06 bits per heavy atom. The number of phenols is 1. The molecular weight excluding hydrogens is 228 g/mol. The number of carbonyl (C=O) groups excluding carboxylic acids is 1. The summed E-state index contributed by atoms with van der Waals surface area (Å²) >= 11 is 0. The van der Waals surface area contributed by atoms with Gasteiger partial charge in [0, 0.05) is 12.5 Å². The average Bonchev–Trinajstić information content (AvgIpc) is 2.35. The lowest BCUT2D eigenvalue weighted by Crippen LogP contribution is -2.35. The van der Waals surface area contributed by atoms with Gasteiger partial charge < -0.3 is 16.2 Å². The molecule has 18 heavy (non-hydrogen) atoms. The summed E-state index contributed by atoms with van der Waals surface area (Å²) in [6.45, 7) is 0. The average molecular weight is 248 g/mol. The molecule has 0 radical (unpaired) electrons. The molecule has 1 amide bonds. The maximum absolute atomic E-state index is 11.9. The predicted molar refractivity (Wildman–Crippen MR) is 71.3 cm³/mol. The summed E-state index contributed by atoms with van der Waals surface area (Å²) in [5.74, 6) is 0.294. The summed E-state index contributed by atoms with van der Waals surface area (Å²) < 4.78 is 0. The lowest BCUT2D eigenvalue weighted by molar-refractivity contribution is -0.117. The van der Waals surface area contributed by atoms with Crippen molar-refractivity contribution in [3.63, 3.8) is 0 Å². The van der Waals surface area contributed by atoms with Crippen LogP contribution in [0.4, 0.5) is 5.69 Å². The van der Waals surface area contributed by atoms with Crippen LogP contribution in [-0.2, 0) is 4.79 Å². The maximum Gasteiger partial charge on any atom is 0.224 e. The van der Waals surface area contributed by atoms with Crippen LogP contribution in [0.25, 0.3) is 0 Å². The number of amides is 1. The minimum atomic E-state index is -0.0705. The number of nitrogens with one attached hydrogen (secondary N) is 1. The summed E-state index contributed by atoms with van der Waals surface area (Å²) in [5.41, 5.74) is 6.49. The first-order valence-corrected chi connectivity index (χ1v) is 6.50. The van der Waals surface area contributed by atoms with E-state index < -0.39 is 0 Å². The SMILES string of the molecule is NC1CCCCC1CC(=O)Nc1ccccc1O. The highest BCUT2D eigenvalue weighted by Crippen LogP contribution is 2.27. The zero-order valence-electron chi connectivity index (χ0n) is 10.4. The van der Waals surface area contributed by atoms with Crippen LogP contribution in [0.2, 0.25) is 0 Å². The van der Waals surface area contributed by atoms with Crippen LogP contribution in [0, 0.1) is 5.92 Å². The van der Waals surface area contributed by atoms with Crippen molar-refractivity contribution < 1.29 is 9.90 Å². The van der Waals surface area contributed by atoms with Crippen LogP contribution >= 0.6 is 0 Å². The van der Waals surface area contributed by atoms with Crippen molar-refractivity contribution in [2.75, 3.05) is 5.32 Å². The predicted octanol–water partition coefficient (Wildman–Crippen LogP) is 2.24. The molecule has 1 aromatic carbocycles. The molecule has 1 aliphatic carbocycles. The van der Waals surface area contributed by atoms with Gasteiger partial charge in [-0.3, -0.25) is 4.79 Å². The second-order valence-electron chi connectivity index (χ2n) is 4.98. The van der Waals surface area contributed by atoms with E-state index in [0.29, 0.717) is 12.1 Å². The van der Waals surface area contributed by atoms with Crippen LogP contribution in [0.3, 0.4) is 0 Å². The lowest BCUT2D eigenvalue weighted by atomic mass is 9.83. The molecule has 0 saturated heterocycles. The molecule has 1 fully saturated rings. The Labute approximate surface area is 107 Å². The van der Waals surface area contributed by atoms with Gasteiger partial charge in [0.1, 0.15) is 5.75 Å².